The van der Waals surface area contributed by atoms with Crippen molar-refractivity contribution in [3.8, 4) is 11.5 Å². The minimum absolute atomic E-state index is 0.0402. The number of aliphatic hydroxyl groups is 1. The maximum absolute atomic E-state index is 11.8. The molecule has 7 nitrogen and oxygen atoms in total. The monoisotopic (exact) mass is 477 g/mol. The van der Waals surface area contributed by atoms with Crippen molar-refractivity contribution in [3.63, 3.8) is 0 Å². The lowest BCUT2D eigenvalue weighted by Crippen LogP contribution is -2.44. The Balaban J connectivity index is 1.40. The third-order valence-electron chi connectivity index (χ3n) is 5.10. The summed E-state index contributed by atoms with van der Waals surface area (Å²) >= 11 is 6.07. The molecule has 1 fully saturated rings. The number of ether oxygens (including phenoxy) is 3. The molecule has 33 heavy (non-hydrogen) atoms. The van der Waals surface area contributed by atoms with Crippen LogP contribution in [0.3, 0.4) is 0 Å². The molecule has 2 aromatic carbocycles. The molecular formula is C25H32ClNO6. The molecule has 2 atom stereocenters. The molecule has 180 valence electrons. The Labute approximate surface area is 200 Å². The van der Waals surface area contributed by atoms with Crippen LogP contribution in [0.2, 0.25) is 5.02 Å². The van der Waals surface area contributed by atoms with Crippen LogP contribution in [-0.2, 0) is 9.57 Å². The van der Waals surface area contributed by atoms with Crippen molar-refractivity contribution in [1.82, 2.24) is 5.06 Å². The van der Waals surface area contributed by atoms with Gasteiger partial charge in [0.2, 0.25) is 0 Å². The number of halogens is 1. The average molecular weight is 478 g/mol. The normalized spacial score (nSPS) is 19.1. The molecule has 1 saturated heterocycles. The topological polar surface area (TPSA) is 77.5 Å². The zero-order valence-electron chi connectivity index (χ0n) is 19.3. The number of piperidine rings is 1. The predicted octanol–water partition coefficient (Wildman–Crippen LogP) is 5.20. The highest BCUT2D eigenvalue weighted by Gasteiger charge is 2.32. The number of para-hydroxylation sites is 1. The van der Waals surface area contributed by atoms with Crippen molar-refractivity contribution in [1.29, 1.82) is 0 Å². The summed E-state index contributed by atoms with van der Waals surface area (Å²) in [5.74, 6) is 1.39. The van der Waals surface area contributed by atoms with Gasteiger partial charge in [-0.3, -0.25) is 0 Å². The Morgan fingerprint density at radius 2 is 1.79 bits per heavy atom. The minimum Gasteiger partial charge on any atom is -0.493 e. The Morgan fingerprint density at radius 3 is 2.45 bits per heavy atom. The van der Waals surface area contributed by atoms with E-state index < -0.39 is 17.9 Å². The number of nitrogens with zero attached hydrogens (tertiary/aromatic N) is 1. The van der Waals surface area contributed by atoms with E-state index in [4.69, 9.17) is 30.6 Å². The van der Waals surface area contributed by atoms with Crippen LogP contribution < -0.4 is 9.47 Å². The molecule has 0 aromatic heterocycles. The Bertz CT molecular complexity index is 899. The van der Waals surface area contributed by atoms with Gasteiger partial charge in [0.25, 0.3) is 0 Å². The fraction of sp³-hybridized carbons (Fsp3) is 0.480. The second kappa shape index (κ2) is 11.6. The van der Waals surface area contributed by atoms with E-state index in [0.29, 0.717) is 37.0 Å². The molecule has 0 bridgehead atoms. The summed E-state index contributed by atoms with van der Waals surface area (Å²) in [6.45, 7) is 7.11. The van der Waals surface area contributed by atoms with Crippen LogP contribution in [0.25, 0.3) is 0 Å². The fourth-order valence-electron chi connectivity index (χ4n) is 3.55. The molecule has 0 amide bonds. The van der Waals surface area contributed by atoms with E-state index in [1.54, 1.807) is 26.8 Å². The summed E-state index contributed by atoms with van der Waals surface area (Å²) in [6, 6.07) is 15.1. The van der Waals surface area contributed by atoms with E-state index in [1.807, 2.05) is 42.5 Å². The number of hydrogen-bond acceptors (Lipinski definition) is 7. The minimum atomic E-state index is -0.757. The molecule has 0 spiro atoms. The maximum atomic E-state index is 11.8. The standard InChI is InChI=1S/C25H32ClNO6/c1-25(2,3)32-24(29)33-27-14-13-20(22(28)17-27)18-9-11-19(12-10-18)30-15-6-16-31-23-8-5-4-7-21(23)26/h4-5,7-12,20,22,28H,6,13-17H2,1-3H3. The fourth-order valence-corrected chi connectivity index (χ4v) is 3.74. The number of benzene rings is 2. The van der Waals surface area contributed by atoms with Gasteiger partial charge < -0.3 is 24.2 Å². The molecule has 1 heterocycles. The van der Waals surface area contributed by atoms with E-state index in [-0.39, 0.29) is 12.5 Å². The number of carbonyl (C=O) groups is 1. The molecule has 1 aliphatic rings. The number of rotatable bonds is 8. The number of hydroxylamine groups is 2. The van der Waals surface area contributed by atoms with Gasteiger partial charge in [-0.05, 0) is 57.0 Å². The van der Waals surface area contributed by atoms with Gasteiger partial charge >= 0.3 is 6.16 Å². The molecule has 2 unspecified atom stereocenters. The summed E-state index contributed by atoms with van der Waals surface area (Å²) in [4.78, 5) is 17.1. The van der Waals surface area contributed by atoms with Crippen molar-refractivity contribution < 1.29 is 28.9 Å². The van der Waals surface area contributed by atoms with E-state index in [1.165, 1.54) is 5.06 Å². The Kier molecular flexibility index (Phi) is 8.83. The van der Waals surface area contributed by atoms with Crippen LogP contribution in [-0.4, -0.2) is 54.3 Å². The van der Waals surface area contributed by atoms with E-state index >= 15 is 0 Å². The van der Waals surface area contributed by atoms with E-state index in [2.05, 4.69) is 0 Å². The van der Waals surface area contributed by atoms with Gasteiger partial charge in [0, 0.05) is 18.9 Å². The largest absolute Gasteiger partial charge is 0.528 e. The second-order valence-electron chi connectivity index (χ2n) is 8.96. The highest BCUT2D eigenvalue weighted by molar-refractivity contribution is 6.32. The van der Waals surface area contributed by atoms with Crippen molar-refractivity contribution >= 4 is 17.8 Å². The first kappa shape index (κ1) is 25.1. The van der Waals surface area contributed by atoms with Gasteiger partial charge in [0.15, 0.2) is 0 Å². The third-order valence-corrected chi connectivity index (χ3v) is 5.41. The SMILES string of the molecule is CC(C)(C)OC(=O)ON1CCC(c2ccc(OCCCOc3ccccc3Cl)cc2)C(O)C1. The first-order valence-electron chi connectivity index (χ1n) is 11.2. The number of β-amino-alcohol motifs (C(OH)–C–C–N with tert-alkyl or cyclic N) is 1. The summed E-state index contributed by atoms with van der Waals surface area (Å²) < 4.78 is 16.6. The van der Waals surface area contributed by atoms with Crippen LogP contribution in [0.15, 0.2) is 48.5 Å². The summed E-state index contributed by atoms with van der Waals surface area (Å²) in [7, 11) is 0. The predicted molar refractivity (Wildman–Crippen MR) is 126 cm³/mol. The summed E-state index contributed by atoms with van der Waals surface area (Å²) in [5, 5.41) is 12.6. The molecule has 1 aliphatic heterocycles. The average Bonchev–Trinajstić information content (AvgIpc) is 2.74. The maximum Gasteiger partial charge on any atom is 0.528 e. The first-order chi connectivity index (χ1) is 15.7. The lowest BCUT2D eigenvalue weighted by atomic mass is 9.88. The lowest BCUT2D eigenvalue weighted by Gasteiger charge is -2.34. The van der Waals surface area contributed by atoms with Gasteiger partial charge in [0.1, 0.15) is 17.1 Å². The zero-order valence-corrected chi connectivity index (χ0v) is 20.1. The molecule has 0 saturated carbocycles. The van der Waals surface area contributed by atoms with Crippen molar-refractivity contribution in [2.24, 2.45) is 0 Å². The van der Waals surface area contributed by atoms with Crippen LogP contribution in [0.1, 0.15) is 45.1 Å². The van der Waals surface area contributed by atoms with E-state index in [0.717, 1.165) is 17.7 Å². The van der Waals surface area contributed by atoms with Gasteiger partial charge in [-0.2, -0.15) is 0 Å². The van der Waals surface area contributed by atoms with Gasteiger partial charge in [-0.25, -0.2) is 4.79 Å². The quantitative estimate of drug-likeness (QED) is 0.413. The number of carbonyl (C=O) groups excluding carboxylic acids is 1. The van der Waals surface area contributed by atoms with Crippen LogP contribution >= 0.6 is 11.6 Å². The molecule has 8 heteroatoms. The first-order valence-corrected chi connectivity index (χ1v) is 11.5. The van der Waals surface area contributed by atoms with Gasteiger partial charge in [0.05, 0.1) is 30.9 Å². The zero-order chi connectivity index (χ0) is 23.8. The van der Waals surface area contributed by atoms with Gasteiger partial charge in [-0.1, -0.05) is 35.9 Å². The molecule has 3 rings (SSSR count). The van der Waals surface area contributed by atoms with Crippen LogP contribution in [0.5, 0.6) is 11.5 Å². The van der Waals surface area contributed by atoms with Crippen molar-refractivity contribution in [2.75, 3.05) is 26.3 Å². The Morgan fingerprint density at radius 1 is 1.09 bits per heavy atom. The van der Waals surface area contributed by atoms with E-state index in [9.17, 15) is 9.90 Å². The number of aliphatic hydroxyl groups excluding tert-OH is 1. The van der Waals surface area contributed by atoms with Crippen LogP contribution in [0, 0.1) is 0 Å². The van der Waals surface area contributed by atoms with Crippen LogP contribution in [0.4, 0.5) is 4.79 Å². The summed E-state index contributed by atoms with van der Waals surface area (Å²) in [5.41, 5.74) is 0.398. The van der Waals surface area contributed by atoms with Gasteiger partial charge in [-0.15, -0.1) is 5.06 Å². The Hall–Kier alpha value is -2.48. The molecule has 0 radical (unpaired) electrons. The highest BCUT2D eigenvalue weighted by atomic mass is 35.5. The number of hydrogen-bond donors (Lipinski definition) is 1. The van der Waals surface area contributed by atoms with Crippen molar-refractivity contribution in [2.45, 2.75) is 51.2 Å². The molecular weight excluding hydrogens is 446 g/mol. The molecule has 0 aliphatic carbocycles. The highest BCUT2D eigenvalue weighted by Crippen LogP contribution is 2.30. The molecule has 1 N–H and O–H groups in total. The van der Waals surface area contributed by atoms with Crippen molar-refractivity contribution in [3.05, 3.63) is 59.1 Å². The second-order valence-corrected chi connectivity index (χ2v) is 9.36. The summed E-state index contributed by atoms with van der Waals surface area (Å²) in [6.07, 6.45) is -0.0347. The lowest BCUT2D eigenvalue weighted by molar-refractivity contribution is -0.170. The third kappa shape index (κ3) is 8.11. The smallest absolute Gasteiger partial charge is 0.493 e. The molecule has 2 aromatic rings.